The minimum atomic E-state index is -1.20. The number of ketones is 1. The van der Waals surface area contributed by atoms with Crippen LogP contribution in [0.2, 0.25) is 0 Å². The molecule has 3 rings (SSSR count). The number of esters is 1. The van der Waals surface area contributed by atoms with Gasteiger partial charge in [-0.25, -0.2) is 0 Å². The SMILES string of the molecule is C/C(=C\c1ccc(C)cn1)[C@@H]1C[C@@H]2C[C@@]2(C)CCC[C@H](C)C(O)[C@@H](C)C(=O)C(C)(C)[C@@H](O)CC(=O)O1. The van der Waals surface area contributed by atoms with Crippen molar-refractivity contribution < 1.29 is 24.5 Å². The molecule has 2 aliphatic rings. The number of fused-ring (bicyclic) bond motifs is 1. The summed E-state index contributed by atoms with van der Waals surface area (Å²) >= 11 is 0. The predicted molar refractivity (Wildman–Crippen MR) is 141 cm³/mol. The minimum absolute atomic E-state index is 0.0181. The van der Waals surface area contributed by atoms with Crippen molar-refractivity contribution in [1.29, 1.82) is 0 Å². The zero-order valence-corrected chi connectivity index (χ0v) is 23.1. The van der Waals surface area contributed by atoms with Gasteiger partial charge in [0, 0.05) is 12.1 Å². The maximum Gasteiger partial charge on any atom is 0.309 e. The summed E-state index contributed by atoms with van der Waals surface area (Å²) in [5.41, 5.74) is 1.82. The normalized spacial score (nSPS) is 36.6. The van der Waals surface area contributed by atoms with E-state index in [9.17, 15) is 19.8 Å². The highest BCUT2D eigenvalue weighted by Gasteiger charge is 2.50. The molecule has 0 bridgehead atoms. The maximum absolute atomic E-state index is 13.3. The molecule has 2 fully saturated rings. The van der Waals surface area contributed by atoms with Crippen LogP contribution in [0.4, 0.5) is 0 Å². The van der Waals surface area contributed by atoms with E-state index in [0.29, 0.717) is 5.92 Å². The van der Waals surface area contributed by atoms with Crippen molar-refractivity contribution in [2.24, 2.45) is 28.6 Å². The number of Topliss-reactive ketones (excluding diaryl/α,β-unsaturated/α-hetero) is 1. The van der Waals surface area contributed by atoms with Crippen molar-refractivity contribution >= 4 is 17.8 Å². The number of pyridine rings is 1. The molecule has 1 aromatic heterocycles. The summed E-state index contributed by atoms with van der Waals surface area (Å²) in [4.78, 5) is 30.7. The molecule has 1 aromatic rings. The fraction of sp³-hybridized carbons (Fsp3) is 0.700. The van der Waals surface area contributed by atoms with Gasteiger partial charge < -0.3 is 14.9 Å². The lowest BCUT2D eigenvalue weighted by molar-refractivity contribution is -0.154. The van der Waals surface area contributed by atoms with Crippen molar-refractivity contribution in [3.8, 4) is 0 Å². The summed E-state index contributed by atoms with van der Waals surface area (Å²) in [5.74, 6) is -0.955. The van der Waals surface area contributed by atoms with Crippen LogP contribution in [0.25, 0.3) is 6.08 Å². The van der Waals surface area contributed by atoms with Gasteiger partial charge in [0.25, 0.3) is 0 Å². The maximum atomic E-state index is 13.3. The highest BCUT2D eigenvalue weighted by molar-refractivity contribution is 5.88. The smallest absolute Gasteiger partial charge is 0.309 e. The van der Waals surface area contributed by atoms with Crippen LogP contribution in [0.1, 0.15) is 91.3 Å². The Labute approximate surface area is 216 Å². The molecule has 36 heavy (non-hydrogen) atoms. The quantitative estimate of drug-likeness (QED) is 0.537. The average molecular weight is 500 g/mol. The summed E-state index contributed by atoms with van der Waals surface area (Å²) in [6.07, 6.45) is 5.79. The first-order valence-corrected chi connectivity index (χ1v) is 13.5. The number of aromatic nitrogens is 1. The van der Waals surface area contributed by atoms with Gasteiger partial charge in [-0.3, -0.25) is 14.6 Å². The van der Waals surface area contributed by atoms with Crippen LogP contribution in [0.5, 0.6) is 0 Å². The van der Waals surface area contributed by atoms with E-state index in [1.807, 2.05) is 45.2 Å². The van der Waals surface area contributed by atoms with Gasteiger partial charge in [0.2, 0.25) is 0 Å². The van der Waals surface area contributed by atoms with E-state index in [1.54, 1.807) is 20.8 Å². The molecule has 1 aliphatic carbocycles. The third-order valence-corrected chi connectivity index (χ3v) is 8.87. The molecule has 1 saturated heterocycles. The Morgan fingerprint density at radius 3 is 2.50 bits per heavy atom. The van der Waals surface area contributed by atoms with E-state index in [1.165, 1.54) is 0 Å². The van der Waals surface area contributed by atoms with E-state index in [4.69, 9.17) is 4.74 Å². The zero-order valence-electron chi connectivity index (χ0n) is 23.1. The lowest BCUT2D eigenvalue weighted by atomic mass is 9.73. The van der Waals surface area contributed by atoms with Gasteiger partial charge >= 0.3 is 5.97 Å². The highest BCUT2D eigenvalue weighted by atomic mass is 16.5. The topological polar surface area (TPSA) is 96.7 Å². The van der Waals surface area contributed by atoms with Crippen molar-refractivity contribution in [3.05, 3.63) is 35.2 Å². The van der Waals surface area contributed by atoms with Crippen molar-refractivity contribution in [3.63, 3.8) is 0 Å². The number of rotatable bonds is 2. The second-order valence-electron chi connectivity index (χ2n) is 12.4. The molecule has 0 radical (unpaired) electrons. The Hall–Kier alpha value is -2.05. The number of carbonyl (C=O) groups is 2. The number of hydrogen-bond acceptors (Lipinski definition) is 6. The molecule has 200 valence electrons. The van der Waals surface area contributed by atoms with Crippen LogP contribution in [0, 0.1) is 35.5 Å². The number of nitrogens with zero attached hydrogens (tertiary/aromatic N) is 1. The van der Waals surface area contributed by atoms with E-state index < -0.39 is 35.6 Å². The summed E-state index contributed by atoms with van der Waals surface area (Å²) in [5, 5.41) is 21.8. The molecule has 2 N–H and O–H groups in total. The van der Waals surface area contributed by atoms with Gasteiger partial charge in [-0.2, -0.15) is 0 Å². The molecule has 1 saturated carbocycles. The first-order chi connectivity index (χ1) is 16.7. The summed E-state index contributed by atoms with van der Waals surface area (Å²) in [6.45, 7) is 13.3. The van der Waals surface area contributed by atoms with Crippen molar-refractivity contribution in [2.75, 3.05) is 0 Å². The minimum Gasteiger partial charge on any atom is -0.458 e. The monoisotopic (exact) mass is 499 g/mol. The number of ether oxygens (including phenoxy) is 1. The van der Waals surface area contributed by atoms with Gasteiger partial charge in [0.05, 0.1) is 29.7 Å². The van der Waals surface area contributed by atoms with E-state index in [0.717, 1.165) is 48.9 Å². The Bertz CT molecular complexity index is 968. The molecule has 6 nitrogen and oxygen atoms in total. The van der Waals surface area contributed by atoms with Gasteiger partial charge in [0.1, 0.15) is 11.9 Å². The molecule has 0 aromatic carbocycles. The molecule has 0 spiro atoms. The van der Waals surface area contributed by atoms with Crippen LogP contribution < -0.4 is 0 Å². The van der Waals surface area contributed by atoms with Gasteiger partial charge in [-0.15, -0.1) is 0 Å². The van der Waals surface area contributed by atoms with E-state index in [2.05, 4.69) is 11.9 Å². The van der Waals surface area contributed by atoms with E-state index in [-0.39, 0.29) is 23.5 Å². The molecule has 1 unspecified atom stereocenters. The van der Waals surface area contributed by atoms with Crippen LogP contribution in [0.3, 0.4) is 0 Å². The summed E-state index contributed by atoms with van der Waals surface area (Å²) in [6, 6.07) is 3.95. The number of aryl methyl sites for hydroxylation is 1. The van der Waals surface area contributed by atoms with Crippen molar-refractivity contribution in [1.82, 2.24) is 4.98 Å². The molecular formula is C30H45NO5. The number of cyclic esters (lactones) is 1. The third kappa shape index (κ3) is 6.63. The fourth-order valence-electron chi connectivity index (χ4n) is 5.67. The van der Waals surface area contributed by atoms with E-state index >= 15 is 0 Å². The fourth-order valence-corrected chi connectivity index (χ4v) is 5.67. The van der Waals surface area contributed by atoms with Crippen LogP contribution in [-0.2, 0) is 14.3 Å². The van der Waals surface area contributed by atoms with Crippen LogP contribution in [-0.4, -0.2) is 45.3 Å². The number of carbonyl (C=O) groups excluding carboxylic acids is 2. The molecular weight excluding hydrogens is 454 g/mol. The first kappa shape index (κ1) is 28.5. The van der Waals surface area contributed by atoms with Crippen LogP contribution >= 0.6 is 0 Å². The first-order valence-electron chi connectivity index (χ1n) is 13.5. The van der Waals surface area contributed by atoms with Crippen molar-refractivity contribution in [2.45, 2.75) is 105 Å². The second-order valence-corrected chi connectivity index (χ2v) is 12.4. The highest BCUT2D eigenvalue weighted by Crippen LogP contribution is 2.58. The lowest BCUT2D eigenvalue weighted by Gasteiger charge is -2.34. The zero-order chi connectivity index (χ0) is 26.8. The van der Waals surface area contributed by atoms with Gasteiger partial charge in [-0.05, 0) is 80.1 Å². The molecule has 2 heterocycles. The summed E-state index contributed by atoms with van der Waals surface area (Å²) in [7, 11) is 0. The number of hydrogen-bond donors (Lipinski definition) is 2. The average Bonchev–Trinajstić information content (AvgIpc) is 3.46. The number of aliphatic hydroxyl groups is 2. The predicted octanol–water partition coefficient (Wildman–Crippen LogP) is 5.28. The van der Waals surface area contributed by atoms with Crippen LogP contribution in [0.15, 0.2) is 23.9 Å². The Kier molecular flexibility index (Phi) is 8.82. The lowest BCUT2D eigenvalue weighted by Crippen LogP contribution is -2.45. The second kappa shape index (κ2) is 11.1. The Morgan fingerprint density at radius 1 is 1.17 bits per heavy atom. The Morgan fingerprint density at radius 2 is 1.86 bits per heavy atom. The molecule has 1 aliphatic heterocycles. The Balaban J connectivity index is 1.86. The van der Waals surface area contributed by atoms with Gasteiger partial charge in [-0.1, -0.05) is 47.1 Å². The van der Waals surface area contributed by atoms with Gasteiger partial charge in [0.15, 0.2) is 0 Å². The molecule has 6 heteroatoms. The standard InChI is InChI=1S/C30H45NO5/c1-18-10-11-23(31-17-18)13-20(3)24-14-22-16-30(22,7)12-8-9-19(2)27(34)21(4)28(35)29(5,6)25(32)15-26(33)36-24/h10-11,13,17,19,21-22,24-25,27,32,34H,8-9,12,14-16H2,1-7H3/b20-13+/t19-,21+,22+,24-,25-,27?,30+/m0/s1. The molecule has 0 amide bonds. The summed E-state index contributed by atoms with van der Waals surface area (Å²) < 4.78 is 5.96. The number of aliphatic hydroxyl groups excluding tert-OH is 2. The third-order valence-electron chi connectivity index (χ3n) is 8.87. The largest absolute Gasteiger partial charge is 0.458 e. The molecule has 7 atom stereocenters.